The molecule has 24 heavy (non-hydrogen) atoms. The Labute approximate surface area is 140 Å². The molecule has 0 saturated carbocycles. The van der Waals surface area contributed by atoms with Gasteiger partial charge in [-0.05, 0) is 25.2 Å². The molecule has 0 bridgehead atoms. The Morgan fingerprint density at radius 1 is 1.25 bits per heavy atom. The zero-order chi connectivity index (χ0) is 18.4. The van der Waals surface area contributed by atoms with Gasteiger partial charge in [-0.15, -0.1) is 0 Å². The number of rotatable bonds is 8. The summed E-state index contributed by atoms with van der Waals surface area (Å²) in [6, 6.07) is -2.79. The van der Waals surface area contributed by atoms with Gasteiger partial charge in [0.15, 0.2) is 0 Å². The van der Waals surface area contributed by atoms with E-state index in [9.17, 15) is 19.2 Å². The van der Waals surface area contributed by atoms with Crippen molar-refractivity contribution in [3.63, 3.8) is 0 Å². The minimum absolute atomic E-state index is 0.0112. The van der Waals surface area contributed by atoms with Crippen LogP contribution in [0.4, 0.5) is 0 Å². The molecule has 136 valence electrons. The molecule has 9 nitrogen and oxygen atoms in total. The van der Waals surface area contributed by atoms with E-state index in [4.69, 9.17) is 15.9 Å². The van der Waals surface area contributed by atoms with Gasteiger partial charge in [-0.2, -0.15) is 0 Å². The smallest absolute Gasteiger partial charge is 0.326 e. The summed E-state index contributed by atoms with van der Waals surface area (Å²) in [4.78, 5) is 47.8. The molecule has 9 heteroatoms. The molecular formula is C15H25N3O6. The van der Waals surface area contributed by atoms with Crippen LogP contribution in [0.2, 0.25) is 0 Å². The fraction of sp³-hybridized carbons (Fsp3) is 0.733. The van der Waals surface area contributed by atoms with Gasteiger partial charge in [-0.3, -0.25) is 14.4 Å². The lowest BCUT2D eigenvalue weighted by molar-refractivity contribution is -0.145. The van der Waals surface area contributed by atoms with Crippen LogP contribution < -0.4 is 11.1 Å². The number of nitrogens with zero attached hydrogens (tertiary/aromatic N) is 1. The van der Waals surface area contributed by atoms with Crippen LogP contribution >= 0.6 is 0 Å². The van der Waals surface area contributed by atoms with Crippen LogP contribution in [-0.4, -0.2) is 63.5 Å². The zero-order valence-corrected chi connectivity index (χ0v) is 13.9. The van der Waals surface area contributed by atoms with E-state index in [-0.39, 0.29) is 18.8 Å². The summed E-state index contributed by atoms with van der Waals surface area (Å²) < 4.78 is 0. The van der Waals surface area contributed by atoms with E-state index in [1.807, 2.05) is 0 Å². The summed E-state index contributed by atoms with van der Waals surface area (Å²) >= 11 is 0. The molecule has 2 amide bonds. The molecule has 3 atom stereocenters. The topological polar surface area (TPSA) is 150 Å². The number of carbonyl (C=O) groups is 4. The highest BCUT2D eigenvalue weighted by Gasteiger charge is 2.37. The first-order chi connectivity index (χ1) is 11.1. The van der Waals surface area contributed by atoms with Crippen LogP contribution in [0.15, 0.2) is 0 Å². The van der Waals surface area contributed by atoms with E-state index in [0.717, 1.165) is 0 Å². The molecule has 1 heterocycles. The average Bonchev–Trinajstić information content (AvgIpc) is 2.97. The maximum Gasteiger partial charge on any atom is 0.326 e. The Morgan fingerprint density at radius 3 is 2.38 bits per heavy atom. The van der Waals surface area contributed by atoms with E-state index in [0.29, 0.717) is 19.4 Å². The highest BCUT2D eigenvalue weighted by atomic mass is 16.4. The second-order valence-electron chi connectivity index (χ2n) is 6.30. The summed E-state index contributed by atoms with van der Waals surface area (Å²) in [5, 5.41) is 20.3. The minimum Gasteiger partial charge on any atom is -0.481 e. The predicted octanol–water partition coefficient (Wildman–Crippen LogP) is -0.605. The van der Waals surface area contributed by atoms with Gasteiger partial charge in [-0.1, -0.05) is 13.8 Å². The molecule has 0 aliphatic carbocycles. The quantitative estimate of drug-likeness (QED) is 0.459. The first kappa shape index (κ1) is 19.9. The van der Waals surface area contributed by atoms with E-state index < -0.39 is 41.9 Å². The first-order valence-corrected chi connectivity index (χ1v) is 7.96. The van der Waals surface area contributed by atoms with Crippen LogP contribution in [0.1, 0.15) is 39.5 Å². The fourth-order valence-corrected chi connectivity index (χ4v) is 2.68. The summed E-state index contributed by atoms with van der Waals surface area (Å²) in [7, 11) is 0. The first-order valence-electron chi connectivity index (χ1n) is 7.96. The maximum absolute atomic E-state index is 12.4. The van der Waals surface area contributed by atoms with Gasteiger partial charge in [0.05, 0.1) is 6.04 Å². The van der Waals surface area contributed by atoms with Crippen molar-refractivity contribution in [3.05, 3.63) is 0 Å². The zero-order valence-electron chi connectivity index (χ0n) is 13.9. The monoisotopic (exact) mass is 343 g/mol. The number of hydrogen-bond donors (Lipinski definition) is 4. The Balaban J connectivity index is 2.73. The van der Waals surface area contributed by atoms with E-state index in [1.165, 1.54) is 4.90 Å². The number of nitrogens with two attached hydrogens (primary N) is 1. The summed E-state index contributed by atoms with van der Waals surface area (Å²) in [6.07, 6.45) is 0.789. The number of nitrogens with one attached hydrogen (secondary N) is 1. The van der Waals surface area contributed by atoms with Crippen molar-refractivity contribution in [2.75, 3.05) is 6.54 Å². The molecule has 0 aromatic heterocycles. The number of amides is 2. The second kappa shape index (κ2) is 8.62. The van der Waals surface area contributed by atoms with Crippen LogP contribution in [0.25, 0.3) is 0 Å². The van der Waals surface area contributed by atoms with Crippen LogP contribution in [0.5, 0.6) is 0 Å². The van der Waals surface area contributed by atoms with Gasteiger partial charge in [0.1, 0.15) is 12.1 Å². The van der Waals surface area contributed by atoms with E-state index in [1.54, 1.807) is 13.8 Å². The van der Waals surface area contributed by atoms with Gasteiger partial charge >= 0.3 is 11.9 Å². The molecule has 0 unspecified atom stereocenters. The van der Waals surface area contributed by atoms with Crippen LogP contribution in [-0.2, 0) is 19.2 Å². The number of carboxylic acid groups (broad SMARTS) is 2. The van der Waals surface area contributed by atoms with Crippen molar-refractivity contribution in [3.8, 4) is 0 Å². The van der Waals surface area contributed by atoms with Gasteiger partial charge in [0.2, 0.25) is 11.8 Å². The number of hydrogen-bond acceptors (Lipinski definition) is 5. The predicted molar refractivity (Wildman–Crippen MR) is 84.0 cm³/mol. The molecule has 5 N–H and O–H groups in total. The summed E-state index contributed by atoms with van der Waals surface area (Å²) in [6.45, 7) is 3.70. The number of likely N-dealkylation sites (tertiary alicyclic amines) is 1. The molecule has 0 radical (unpaired) electrons. The van der Waals surface area contributed by atoms with Crippen molar-refractivity contribution in [1.82, 2.24) is 10.2 Å². The molecule has 1 rings (SSSR count). The van der Waals surface area contributed by atoms with Crippen LogP contribution in [0, 0.1) is 5.92 Å². The Kier molecular flexibility index (Phi) is 7.15. The largest absolute Gasteiger partial charge is 0.481 e. The van der Waals surface area contributed by atoms with E-state index in [2.05, 4.69) is 5.32 Å². The third-order valence-corrected chi connectivity index (χ3v) is 4.06. The van der Waals surface area contributed by atoms with Crippen molar-refractivity contribution >= 4 is 23.8 Å². The molecule has 1 aliphatic rings. The van der Waals surface area contributed by atoms with Crippen molar-refractivity contribution in [1.29, 1.82) is 0 Å². The van der Waals surface area contributed by atoms with Gasteiger partial charge < -0.3 is 26.2 Å². The van der Waals surface area contributed by atoms with Crippen molar-refractivity contribution < 1.29 is 29.4 Å². The highest BCUT2D eigenvalue weighted by Crippen LogP contribution is 2.19. The maximum atomic E-state index is 12.4. The van der Waals surface area contributed by atoms with Crippen LogP contribution in [0.3, 0.4) is 0 Å². The Hall–Kier alpha value is -2.16. The van der Waals surface area contributed by atoms with E-state index >= 15 is 0 Å². The molecule has 0 aromatic carbocycles. The number of carbonyl (C=O) groups excluding carboxylic acids is 2. The summed E-state index contributed by atoms with van der Waals surface area (Å²) in [5.74, 6) is -3.48. The van der Waals surface area contributed by atoms with Gasteiger partial charge in [0, 0.05) is 13.0 Å². The lowest BCUT2D eigenvalue weighted by atomic mass is 10.0. The molecule has 1 fully saturated rings. The fourth-order valence-electron chi connectivity index (χ4n) is 2.68. The standard InChI is InChI=1S/C15H25N3O6/c1-8(2)12(15(23)24)17-13(21)10-4-3-7-18(10)14(22)9(16)5-6-11(19)20/h8-10,12H,3-7,16H2,1-2H3,(H,17,21)(H,19,20)(H,23,24)/t9-,10-,12-/m0/s1. The van der Waals surface area contributed by atoms with Gasteiger partial charge in [0.25, 0.3) is 0 Å². The normalized spacial score (nSPS) is 19.8. The van der Waals surface area contributed by atoms with Gasteiger partial charge in [-0.25, -0.2) is 4.79 Å². The third-order valence-electron chi connectivity index (χ3n) is 4.06. The average molecular weight is 343 g/mol. The molecular weight excluding hydrogens is 318 g/mol. The number of aliphatic carboxylic acids is 2. The second-order valence-corrected chi connectivity index (χ2v) is 6.30. The van der Waals surface area contributed by atoms with Crippen molar-refractivity contribution in [2.45, 2.75) is 57.7 Å². The minimum atomic E-state index is -1.13. The molecule has 0 aromatic rings. The lowest BCUT2D eigenvalue weighted by Crippen LogP contribution is -2.54. The molecule has 1 saturated heterocycles. The molecule has 0 spiro atoms. The highest BCUT2D eigenvalue weighted by molar-refractivity contribution is 5.92. The number of carboxylic acids is 2. The SMILES string of the molecule is CC(C)[C@H](NC(=O)[C@@H]1CCCN1C(=O)[C@@H](N)CCC(=O)O)C(=O)O. The third kappa shape index (κ3) is 5.19. The summed E-state index contributed by atoms with van der Waals surface area (Å²) in [5.41, 5.74) is 5.73. The Morgan fingerprint density at radius 2 is 1.88 bits per heavy atom. The lowest BCUT2D eigenvalue weighted by Gasteiger charge is -2.28. The molecule has 1 aliphatic heterocycles. The Bertz CT molecular complexity index is 507. The van der Waals surface area contributed by atoms with Crippen molar-refractivity contribution in [2.24, 2.45) is 11.7 Å².